The quantitative estimate of drug-likeness (QED) is 0.776. The van der Waals surface area contributed by atoms with Crippen LogP contribution in [0.2, 0.25) is 5.02 Å². The van der Waals surface area contributed by atoms with Crippen molar-refractivity contribution in [3.05, 3.63) is 64.5 Å². The Balaban J connectivity index is 1.58. The van der Waals surface area contributed by atoms with Crippen LogP contribution < -0.4 is 0 Å². The first-order chi connectivity index (χ1) is 12.5. The Morgan fingerprint density at radius 1 is 1.35 bits per heavy atom. The molecule has 1 aromatic carbocycles. The summed E-state index contributed by atoms with van der Waals surface area (Å²) in [6.45, 7) is 3.09. The Bertz CT molecular complexity index is 870. The van der Waals surface area contributed by atoms with Gasteiger partial charge in [0.15, 0.2) is 0 Å². The van der Waals surface area contributed by atoms with Crippen LogP contribution in [0.25, 0.3) is 0 Å². The zero-order chi connectivity index (χ0) is 18.3. The maximum atomic E-state index is 13.8. The fraction of sp³-hybridized carbons (Fsp3) is 0.368. The van der Waals surface area contributed by atoms with Crippen LogP contribution in [0.1, 0.15) is 22.9 Å². The van der Waals surface area contributed by atoms with Crippen molar-refractivity contribution in [2.45, 2.75) is 19.0 Å². The van der Waals surface area contributed by atoms with Crippen molar-refractivity contribution in [1.29, 1.82) is 0 Å². The number of carbonyl (C=O) groups excluding carboxylic acids is 1. The minimum Gasteiger partial charge on any atom is -0.337 e. The van der Waals surface area contributed by atoms with Crippen molar-refractivity contribution >= 4 is 17.5 Å². The van der Waals surface area contributed by atoms with Crippen LogP contribution in [-0.2, 0) is 24.9 Å². The van der Waals surface area contributed by atoms with Crippen molar-refractivity contribution in [2.75, 3.05) is 19.6 Å². The third kappa shape index (κ3) is 3.15. The number of benzene rings is 1. The lowest BCUT2D eigenvalue weighted by molar-refractivity contribution is -0.132. The highest BCUT2D eigenvalue weighted by Crippen LogP contribution is 2.30. The van der Waals surface area contributed by atoms with Crippen LogP contribution in [0.3, 0.4) is 0 Å². The van der Waals surface area contributed by atoms with E-state index in [9.17, 15) is 9.18 Å². The number of aryl methyl sites for hydroxylation is 1. The summed E-state index contributed by atoms with van der Waals surface area (Å²) in [7, 11) is 1.93. The summed E-state index contributed by atoms with van der Waals surface area (Å²) in [6.07, 6.45) is 5.79. The van der Waals surface area contributed by atoms with Gasteiger partial charge in [0.1, 0.15) is 5.82 Å². The normalized spacial score (nSPS) is 19.8. The smallest absolute Gasteiger partial charge is 0.233 e. The van der Waals surface area contributed by atoms with Crippen LogP contribution in [0.5, 0.6) is 0 Å². The van der Waals surface area contributed by atoms with Crippen LogP contribution in [0.4, 0.5) is 4.39 Å². The van der Waals surface area contributed by atoms with Gasteiger partial charge in [-0.15, -0.1) is 0 Å². The van der Waals surface area contributed by atoms with Crippen LogP contribution in [0.15, 0.2) is 36.7 Å². The van der Waals surface area contributed by atoms with E-state index in [1.165, 1.54) is 6.07 Å². The largest absolute Gasteiger partial charge is 0.337 e. The van der Waals surface area contributed by atoms with Gasteiger partial charge < -0.3 is 9.47 Å². The molecule has 5 nitrogen and oxygen atoms in total. The second-order valence-electron chi connectivity index (χ2n) is 6.87. The fourth-order valence-corrected chi connectivity index (χ4v) is 3.89. The summed E-state index contributed by atoms with van der Waals surface area (Å²) in [5.74, 6) is -0.564. The van der Waals surface area contributed by atoms with E-state index >= 15 is 0 Å². The van der Waals surface area contributed by atoms with Gasteiger partial charge in [0.2, 0.25) is 5.91 Å². The number of rotatable bonds is 3. The van der Waals surface area contributed by atoms with Gasteiger partial charge in [0.05, 0.1) is 28.7 Å². The minimum absolute atomic E-state index is 0.117. The molecular formula is C19H20ClFN4O. The van der Waals surface area contributed by atoms with Gasteiger partial charge in [-0.05, 0) is 17.7 Å². The molecule has 1 atom stereocenters. The Morgan fingerprint density at radius 3 is 2.85 bits per heavy atom. The average Bonchev–Trinajstić information content (AvgIpc) is 3.27. The number of halogens is 2. The van der Waals surface area contributed by atoms with Gasteiger partial charge in [-0.3, -0.25) is 9.69 Å². The highest BCUT2D eigenvalue weighted by Gasteiger charge is 2.36. The van der Waals surface area contributed by atoms with Crippen molar-refractivity contribution < 1.29 is 9.18 Å². The molecule has 0 fully saturated rings. The Hall–Kier alpha value is -2.18. The van der Waals surface area contributed by atoms with E-state index in [0.29, 0.717) is 32.7 Å². The molecule has 0 spiro atoms. The first kappa shape index (κ1) is 17.2. The SMILES string of the molecule is Cn1cnc2c1C(C(=O)N1CC=CC1)CN(Cc1ccc(Cl)c(F)c1)C2. The molecule has 0 saturated carbocycles. The molecule has 3 heterocycles. The molecule has 0 bridgehead atoms. The predicted molar refractivity (Wildman–Crippen MR) is 97.2 cm³/mol. The summed E-state index contributed by atoms with van der Waals surface area (Å²) in [5, 5.41) is 0.119. The average molecular weight is 375 g/mol. The van der Waals surface area contributed by atoms with Crippen LogP contribution in [0, 0.1) is 5.82 Å². The molecule has 4 rings (SSSR count). The number of hydrogen-bond acceptors (Lipinski definition) is 3. The lowest BCUT2D eigenvalue weighted by Gasteiger charge is -2.34. The molecule has 2 aliphatic rings. The van der Waals surface area contributed by atoms with Crippen LogP contribution >= 0.6 is 11.6 Å². The number of fused-ring (bicyclic) bond motifs is 1. The Labute approximate surface area is 156 Å². The first-order valence-corrected chi connectivity index (χ1v) is 9.01. The van der Waals surface area contributed by atoms with E-state index in [1.807, 2.05) is 34.7 Å². The molecule has 7 heteroatoms. The predicted octanol–water partition coefficient (Wildman–Crippen LogP) is 2.71. The second-order valence-corrected chi connectivity index (χ2v) is 7.28. The molecule has 2 aromatic rings. The summed E-state index contributed by atoms with van der Waals surface area (Å²) < 4.78 is 15.7. The van der Waals surface area contributed by atoms with Gasteiger partial charge in [0, 0.05) is 39.8 Å². The zero-order valence-electron chi connectivity index (χ0n) is 14.5. The van der Waals surface area contributed by atoms with Crippen molar-refractivity contribution in [2.24, 2.45) is 7.05 Å². The molecule has 0 radical (unpaired) electrons. The fourth-order valence-electron chi connectivity index (χ4n) is 3.77. The highest BCUT2D eigenvalue weighted by molar-refractivity contribution is 6.30. The number of carbonyl (C=O) groups is 1. The molecule has 2 aliphatic heterocycles. The molecular weight excluding hydrogens is 355 g/mol. The molecule has 1 unspecified atom stereocenters. The van der Waals surface area contributed by atoms with Crippen molar-refractivity contribution in [3.63, 3.8) is 0 Å². The van der Waals surface area contributed by atoms with E-state index in [-0.39, 0.29) is 16.8 Å². The number of amides is 1. The van der Waals surface area contributed by atoms with E-state index in [4.69, 9.17) is 11.6 Å². The molecule has 1 aromatic heterocycles. The van der Waals surface area contributed by atoms with Gasteiger partial charge in [-0.1, -0.05) is 29.8 Å². The Morgan fingerprint density at radius 2 is 2.12 bits per heavy atom. The lowest BCUT2D eigenvalue weighted by Crippen LogP contribution is -2.43. The lowest BCUT2D eigenvalue weighted by atomic mass is 9.96. The monoisotopic (exact) mass is 374 g/mol. The molecule has 26 heavy (non-hydrogen) atoms. The van der Waals surface area contributed by atoms with Gasteiger partial charge in [-0.2, -0.15) is 0 Å². The number of hydrogen-bond donors (Lipinski definition) is 0. The standard InChI is InChI=1S/C19H20ClFN4O/c1-23-12-22-17-11-24(9-13-4-5-15(20)16(21)8-13)10-14(18(17)23)19(26)25-6-2-3-7-25/h2-5,8,12,14H,6-7,9-11H2,1H3. The second kappa shape index (κ2) is 6.85. The summed E-state index contributed by atoms with van der Waals surface area (Å²) in [5.41, 5.74) is 2.74. The van der Waals surface area contributed by atoms with Gasteiger partial charge in [0.25, 0.3) is 0 Å². The van der Waals surface area contributed by atoms with Crippen LogP contribution in [-0.4, -0.2) is 44.9 Å². The molecule has 0 aliphatic carbocycles. The third-order valence-electron chi connectivity index (χ3n) is 5.02. The zero-order valence-corrected chi connectivity index (χ0v) is 15.3. The van der Waals surface area contributed by atoms with E-state index in [0.717, 1.165) is 17.0 Å². The summed E-state index contributed by atoms with van der Waals surface area (Å²) in [4.78, 5) is 21.5. The maximum absolute atomic E-state index is 13.8. The molecule has 136 valence electrons. The van der Waals surface area contributed by atoms with Crippen molar-refractivity contribution in [3.8, 4) is 0 Å². The topological polar surface area (TPSA) is 41.4 Å². The molecule has 0 N–H and O–H groups in total. The summed E-state index contributed by atoms with van der Waals surface area (Å²) in [6, 6.07) is 4.85. The van der Waals surface area contributed by atoms with Gasteiger partial charge in [-0.25, -0.2) is 9.37 Å². The number of aromatic nitrogens is 2. The third-order valence-corrected chi connectivity index (χ3v) is 5.33. The highest BCUT2D eigenvalue weighted by atomic mass is 35.5. The summed E-state index contributed by atoms with van der Waals surface area (Å²) >= 11 is 5.77. The van der Waals surface area contributed by atoms with E-state index in [2.05, 4.69) is 9.88 Å². The van der Waals surface area contributed by atoms with Gasteiger partial charge >= 0.3 is 0 Å². The molecule has 1 amide bonds. The maximum Gasteiger partial charge on any atom is 0.233 e. The van der Waals surface area contributed by atoms with E-state index in [1.54, 1.807) is 12.4 Å². The Kier molecular flexibility index (Phi) is 4.54. The van der Waals surface area contributed by atoms with E-state index < -0.39 is 5.82 Å². The first-order valence-electron chi connectivity index (χ1n) is 8.63. The van der Waals surface area contributed by atoms with Crippen molar-refractivity contribution in [1.82, 2.24) is 19.4 Å². The molecule has 0 saturated heterocycles. The number of nitrogens with zero attached hydrogens (tertiary/aromatic N) is 4. The number of imidazole rings is 1. The minimum atomic E-state index is -0.421.